The highest BCUT2D eigenvalue weighted by Gasteiger charge is 2.48. The second kappa shape index (κ2) is 10.7. The number of likely N-dealkylation sites (N-methyl/N-ethyl adjacent to an activating group) is 1. The lowest BCUT2D eigenvalue weighted by molar-refractivity contribution is 0.0675. The Kier molecular flexibility index (Phi) is 7.96. The van der Waals surface area contributed by atoms with Crippen molar-refractivity contribution in [3.05, 3.63) is 35.4 Å². The maximum Gasteiger partial charge on any atom is 0.315 e. The molecule has 2 aliphatic carbocycles. The lowest BCUT2D eigenvalue weighted by Gasteiger charge is -2.48. The molecule has 0 unspecified atom stereocenters. The summed E-state index contributed by atoms with van der Waals surface area (Å²) in [6.45, 7) is 3.63. The van der Waals surface area contributed by atoms with Crippen molar-refractivity contribution in [2.45, 2.75) is 86.9 Å². The van der Waals surface area contributed by atoms with Crippen molar-refractivity contribution in [1.82, 2.24) is 31.1 Å². The number of aryl methyl sites for hydroxylation is 1. The molecule has 0 radical (unpaired) electrons. The molecule has 2 spiro atoms. The van der Waals surface area contributed by atoms with E-state index >= 15 is 0 Å². The summed E-state index contributed by atoms with van der Waals surface area (Å²) in [6, 6.07) is 11.2. The minimum atomic E-state index is -0.349. The molecule has 38 heavy (non-hydrogen) atoms. The number of urea groups is 2. The molecule has 4 N–H and O–H groups in total. The predicted molar refractivity (Wildman–Crippen MR) is 149 cm³/mol. The normalized spacial score (nSPS) is 34.3. The molecule has 2 aliphatic heterocycles. The third-order valence-electron chi connectivity index (χ3n) is 9.73. The molecule has 2 saturated heterocycles. The third-order valence-corrected chi connectivity index (χ3v) is 9.73. The second-order valence-corrected chi connectivity index (χ2v) is 12.5. The lowest BCUT2D eigenvalue weighted by atomic mass is 9.69. The molecule has 9 nitrogen and oxygen atoms in total. The van der Waals surface area contributed by atoms with Crippen LogP contribution in [0.1, 0.15) is 62.5 Å². The first-order valence-electron chi connectivity index (χ1n) is 13.9. The Hall–Kier alpha value is -2.83. The molecule has 1 aromatic carbocycles. The second-order valence-electron chi connectivity index (χ2n) is 12.5. The minimum absolute atomic E-state index is 0.00367. The van der Waals surface area contributed by atoms with Crippen LogP contribution in [0.3, 0.4) is 0 Å². The van der Waals surface area contributed by atoms with Gasteiger partial charge in [0.25, 0.3) is 0 Å². The zero-order chi connectivity index (χ0) is 27.6. The molecule has 9 heteroatoms. The SMILES string of the molecule is CN(C)C1(C#N)CCC2(CC1)CNC(=O)N2.Cc1cccc(CC2(N(C)C)CCC3(CC2)CNC(=O)N3)c1. The van der Waals surface area contributed by atoms with E-state index in [1.807, 2.05) is 19.0 Å². The van der Waals surface area contributed by atoms with Gasteiger partial charge in [0.2, 0.25) is 0 Å². The Morgan fingerprint density at radius 1 is 0.816 bits per heavy atom. The Balaban J connectivity index is 0.000000186. The summed E-state index contributed by atoms with van der Waals surface area (Å²) in [5.41, 5.74) is 2.48. The number of nitrogens with zero attached hydrogens (tertiary/aromatic N) is 3. The van der Waals surface area contributed by atoms with Crippen molar-refractivity contribution in [2.75, 3.05) is 41.3 Å². The third kappa shape index (κ3) is 5.76. The molecule has 4 fully saturated rings. The van der Waals surface area contributed by atoms with E-state index < -0.39 is 0 Å². The Morgan fingerprint density at radius 3 is 1.74 bits per heavy atom. The van der Waals surface area contributed by atoms with Gasteiger partial charge in [-0.15, -0.1) is 0 Å². The van der Waals surface area contributed by atoms with Crippen molar-refractivity contribution < 1.29 is 9.59 Å². The predicted octanol–water partition coefficient (Wildman–Crippen LogP) is 2.90. The first-order valence-corrected chi connectivity index (χ1v) is 13.9. The number of nitriles is 1. The molecule has 0 atom stereocenters. The van der Waals surface area contributed by atoms with E-state index in [2.05, 4.69) is 77.5 Å². The molecular weight excluding hydrogens is 478 g/mol. The van der Waals surface area contributed by atoms with Crippen molar-refractivity contribution in [1.29, 1.82) is 5.26 Å². The van der Waals surface area contributed by atoms with Crippen LogP contribution < -0.4 is 21.3 Å². The topological polar surface area (TPSA) is 113 Å². The van der Waals surface area contributed by atoms with Crippen molar-refractivity contribution in [3.8, 4) is 6.07 Å². The van der Waals surface area contributed by atoms with E-state index in [4.69, 9.17) is 0 Å². The van der Waals surface area contributed by atoms with Gasteiger partial charge in [0.15, 0.2) is 0 Å². The van der Waals surface area contributed by atoms with Crippen LogP contribution in [0.15, 0.2) is 24.3 Å². The van der Waals surface area contributed by atoms with Crippen molar-refractivity contribution in [3.63, 3.8) is 0 Å². The fraction of sp³-hybridized carbons (Fsp3) is 0.690. The minimum Gasteiger partial charge on any atom is -0.336 e. The van der Waals surface area contributed by atoms with Crippen LogP contribution in [0.2, 0.25) is 0 Å². The van der Waals surface area contributed by atoms with Crippen LogP contribution in [0, 0.1) is 18.3 Å². The van der Waals surface area contributed by atoms with Crippen LogP contribution in [0.5, 0.6) is 0 Å². The molecule has 4 aliphatic rings. The number of hydrogen-bond donors (Lipinski definition) is 4. The summed E-state index contributed by atoms with van der Waals surface area (Å²) < 4.78 is 0. The standard InChI is InChI=1S/C18H27N3O.C11H18N4O/c1-14-5-4-6-15(11-14)12-18(21(2)3)9-7-17(8-10-18)13-19-16(22)20-17;1-15(2)11(7-12)5-3-10(4-6-11)8-13-9(16)14-10/h4-6,11H,7-10,12-13H2,1-3H3,(H2,19,20,22);3-6,8H2,1-2H3,(H2,13,14,16). The summed E-state index contributed by atoms with van der Waals surface area (Å²) >= 11 is 0. The average molecular weight is 524 g/mol. The maximum absolute atomic E-state index is 11.5. The molecule has 4 amide bonds. The number of benzene rings is 1. The molecule has 2 heterocycles. The Bertz CT molecular complexity index is 1060. The molecule has 0 aromatic heterocycles. The highest BCUT2D eigenvalue weighted by molar-refractivity contribution is 5.78. The smallest absolute Gasteiger partial charge is 0.315 e. The first kappa shape index (κ1) is 28.2. The van der Waals surface area contributed by atoms with Crippen LogP contribution in [0.4, 0.5) is 9.59 Å². The van der Waals surface area contributed by atoms with Crippen LogP contribution in [-0.2, 0) is 6.42 Å². The van der Waals surface area contributed by atoms with Gasteiger partial charge in [0, 0.05) is 18.6 Å². The van der Waals surface area contributed by atoms with E-state index in [-0.39, 0.29) is 34.2 Å². The quantitative estimate of drug-likeness (QED) is 0.485. The van der Waals surface area contributed by atoms with Gasteiger partial charge in [-0.3, -0.25) is 4.90 Å². The van der Waals surface area contributed by atoms with Gasteiger partial charge in [0.1, 0.15) is 5.54 Å². The summed E-state index contributed by atoms with van der Waals surface area (Å²) in [5.74, 6) is 0. The molecule has 2 saturated carbocycles. The monoisotopic (exact) mass is 523 g/mol. The molecule has 0 bridgehead atoms. The Morgan fingerprint density at radius 2 is 1.34 bits per heavy atom. The maximum atomic E-state index is 11.5. The molecular formula is C29H45N7O2. The van der Waals surface area contributed by atoms with Crippen LogP contribution in [0.25, 0.3) is 0 Å². The van der Waals surface area contributed by atoms with Crippen molar-refractivity contribution >= 4 is 12.1 Å². The lowest BCUT2D eigenvalue weighted by Crippen LogP contribution is -2.56. The van der Waals surface area contributed by atoms with E-state index in [1.165, 1.54) is 11.1 Å². The average Bonchev–Trinajstić information content (AvgIpc) is 3.43. The fourth-order valence-corrected chi connectivity index (χ4v) is 6.74. The fourth-order valence-electron chi connectivity index (χ4n) is 6.74. The first-order chi connectivity index (χ1) is 17.9. The zero-order valence-corrected chi connectivity index (χ0v) is 23.7. The molecule has 1 aromatic rings. The number of carbonyl (C=O) groups is 2. The molecule has 208 valence electrons. The van der Waals surface area contributed by atoms with E-state index in [0.29, 0.717) is 6.54 Å². The van der Waals surface area contributed by atoms with Gasteiger partial charge in [0.05, 0.1) is 17.1 Å². The van der Waals surface area contributed by atoms with Gasteiger partial charge in [-0.05, 0) is 98.5 Å². The van der Waals surface area contributed by atoms with Crippen LogP contribution in [-0.4, -0.2) is 85.3 Å². The number of rotatable bonds is 4. The number of nitrogens with one attached hydrogen (secondary N) is 4. The summed E-state index contributed by atoms with van der Waals surface area (Å²) in [5, 5.41) is 21.2. The summed E-state index contributed by atoms with van der Waals surface area (Å²) in [6.07, 6.45) is 8.81. The highest BCUT2D eigenvalue weighted by atomic mass is 16.2. The van der Waals surface area contributed by atoms with Gasteiger partial charge >= 0.3 is 12.1 Å². The molecule has 5 rings (SSSR count). The number of carbonyl (C=O) groups excluding carboxylic acids is 2. The van der Waals surface area contributed by atoms with Gasteiger partial charge in [-0.25, -0.2) is 9.59 Å². The van der Waals surface area contributed by atoms with E-state index in [0.717, 1.165) is 64.3 Å². The van der Waals surface area contributed by atoms with Gasteiger partial charge in [-0.1, -0.05) is 29.8 Å². The largest absolute Gasteiger partial charge is 0.336 e. The summed E-state index contributed by atoms with van der Waals surface area (Å²) in [4.78, 5) is 27.1. The van der Waals surface area contributed by atoms with Gasteiger partial charge < -0.3 is 26.2 Å². The number of amides is 4. The van der Waals surface area contributed by atoms with E-state index in [9.17, 15) is 14.9 Å². The highest BCUT2D eigenvalue weighted by Crippen LogP contribution is 2.41. The summed E-state index contributed by atoms with van der Waals surface area (Å²) in [7, 11) is 8.29. The van der Waals surface area contributed by atoms with Gasteiger partial charge in [-0.2, -0.15) is 5.26 Å². The van der Waals surface area contributed by atoms with E-state index in [1.54, 1.807) is 0 Å². The zero-order valence-electron chi connectivity index (χ0n) is 23.7. The van der Waals surface area contributed by atoms with Crippen LogP contribution >= 0.6 is 0 Å². The van der Waals surface area contributed by atoms with Crippen molar-refractivity contribution in [2.24, 2.45) is 0 Å². The Labute approximate surface area is 227 Å². The number of hydrogen-bond acceptors (Lipinski definition) is 5.